The molecule has 2 aliphatic heterocycles. The van der Waals surface area contributed by atoms with Crippen LogP contribution in [0.2, 0.25) is 0 Å². The van der Waals surface area contributed by atoms with Crippen molar-refractivity contribution in [1.82, 2.24) is 0 Å². The first-order valence-electron chi connectivity index (χ1n) is 15.6. The summed E-state index contributed by atoms with van der Waals surface area (Å²) < 4.78 is 24.5. The molecule has 0 aromatic carbocycles. The van der Waals surface area contributed by atoms with Crippen LogP contribution in [0.4, 0.5) is 0 Å². The number of rotatable bonds is 17. The molecular formula is C32H52O7. The van der Waals surface area contributed by atoms with Gasteiger partial charge >= 0.3 is 5.97 Å². The van der Waals surface area contributed by atoms with Crippen LogP contribution in [-0.2, 0) is 28.5 Å². The molecule has 0 spiro atoms. The molecule has 0 bridgehead atoms. The minimum atomic E-state index is -0.768. The molecule has 0 aromatic heterocycles. The molecule has 1 aliphatic carbocycles. The van der Waals surface area contributed by atoms with Gasteiger partial charge in [0.05, 0.1) is 12.2 Å². The molecule has 1 N–H and O–H groups in total. The van der Waals surface area contributed by atoms with Crippen molar-refractivity contribution in [3.8, 4) is 0 Å². The molecule has 7 heteroatoms. The smallest absolute Gasteiger partial charge is 0.303 e. The number of hydrogen-bond donors (Lipinski definition) is 1. The third-order valence-corrected chi connectivity index (χ3v) is 8.20. The minimum absolute atomic E-state index is 0.0269. The van der Waals surface area contributed by atoms with Crippen LogP contribution in [0, 0.1) is 17.8 Å². The Balaban J connectivity index is 1.68. The highest BCUT2D eigenvalue weighted by molar-refractivity contribution is 5.86. The summed E-state index contributed by atoms with van der Waals surface area (Å²) in [6.45, 7) is 5.96. The summed E-state index contributed by atoms with van der Waals surface area (Å²) in [5, 5.41) is 8.89. The highest BCUT2D eigenvalue weighted by Gasteiger charge is 2.42. The predicted octanol–water partition coefficient (Wildman–Crippen LogP) is 6.99. The average molecular weight is 549 g/mol. The van der Waals surface area contributed by atoms with Gasteiger partial charge in [0.1, 0.15) is 5.78 Å². The van der Waals surface area contributed by atoms with Crippen LogP contribution >= 0.6 is 0 Å². The van der Waals surface area contributed by atoms with Crippen molar-refractivity contribution >= 4 is 11.8 Å². The molecule has 2 saturated heterocycles. The Hall–Kier alpha value is -1.54. The Morgan fingerprint density at radius 1 is 1.08 bits per heavy atom. The normalized spacial score (nSPS) is 29.8. The van der Waals surface area contributed by atoms with E-state index in [1.54, 1.807) is 0 Å². The molecule has 1 saturated carbocycles. The van der Waals surface area contributed by atoms with Crippen molar-refractivity contribution in [2.24, 2.45) is 17.8 Å². The lowest BCUT2D eigenvalue weighted by atomic mass is 9.89. The molecule has 3 aliphatic rings. The van der Waals surface area contributed by atoms with Gasteiger partial charge in [0.2, 0.25) is 0 Å². The zero-order chi connectivity index (χ0) is 27.9. The summed E-state index contributed by atoms with van der Waals surface area (Å²) >= 11 is 0. The van der Waals surface area contributed by atoms with E-state index in [1.165, 1.54) is 19.3 Å². The summed E-state index contributed by atoms with van der Waals surface area (Å²) in [5.41, 5.74) is 0. The Bertz CT molecular complexity index is 766. The van der Waals surface area contributed by atoms with Crippen LogP contribution in [0.5, 0.6) is 0 Å². The molecular weight excluding hydrogens is 496 g/mol. The van der Waals surface area contributed by atoms with Crippen LogP contribution < -0.4 is 0 Å². The van der Waals surface area contributed by atoms with Gasteiger partial charge in [-0.25, -0.2) is 0 Å². The van der Waals surface area contributed by atoms with Crippen LogP contribution in [0.25, 0.3) is 0 Å². The number of aliphatic carboxylic acids is 1. The predicted molar refractivity (Wildman–Crippen MR) is 151 cm³/mol. The quantitative estimate of drug-likeness (QED) is 0.155. The first-order chi connectivity index (χ1) is 19.0. The molecule has 0 amide bonds. The maximum absolute atomic E-state index is 13.3. The van der Waals surface area contributed by atoms with E-state index in [9.17, 15) is 9.59 Å². The van der Waals surface area contributed by atoms with Crippen molar-refractivity contribution < 1.29 is 33.6 Å². The molecule has 7 nitrogen and oxygen atoms in total. The maximum atomic E-state index is 13.3. The van der Waals surface area contributed by atoms with Gasteiger partial charge in [0.15, 0.2) is 12.6 Å². The van der Waals surface area contributed by atoms with E-state index in [-0.39, 0.29) is 48.8 Å². The number of ether oxygens (including phenoxy) is 4. The van der Waals surface area contributed by atoms with Gasteiger partial charge < -0.3 is 24.1 Å². The zero-order valence-corrected chi connectivity index (χ0v) is 24.3. The van der Waals surface area contributed by atoms with E-state index in [4.69, 9.17) is 24.1 Å². The van der Waals surface area contributed by atoms with Crippen LogP contribution in [-0.4, -0.2) is 54.9 Å². The second-order valence-corrected chi connectivity index (χ2v) is 11.7. The summed E-state index contributed by atoms with van der Waals surface area (Å²) in [6, 6.07) is 0. The number of unbranched alkanes of at least 4 members (excludes halogenated alkanes) is 2. The number of carboxylic acid groups (broad SMARTS) is 1. The molecule has 0 radical (unpaired) electrons. The van der Waals surface area contributed by atoms with Gasteiger partial charge in [-0.05, 0) is 70.1 Å². The van der Waals surface area contributed by atoms with E-state index < -0.39 is 5.97 Å². The van der Waals surface area contributed by atoms with Gasteiger partial charge in [-0.1, -0.05) is 57.4 Å². The third kappa shape index (κ3) is 11.8. The van der Waals surface area contributed by atoms with Gasteiger partial charge in [-0.15, -0.1) is 0 Å². The van der Waals surface area contributed by atoms with Crippen molar-refractivity contribution in [2.45, 2.75) is 135 Å². The molecule has 39 heavy (non-hydrogen) atoms. The zero-order valence-electron chi connectivity index (χ0n) is 24.3. The van der Waals surface area contributed by atoms with E-state index in [0.29, 0.717) is 25.4 Å². The van der Waals surface area contributed by atoms with Gasteiger partial charge in [0.25, 0.3) is 0 Å². The highest BCUT2D eigenvalue weighted by atomic mass is 16.7. The minimum Gasteiger partial charge on any atom is -0.481 e. The lowest BCUT2D eigenvalue weighted by Crippen LogP contribution is -2.31. The number of Topliss-reactive ketones (excluding diaryl/α,β-unsaturated/α-hetero) is 1. The standard InChI is InChI=1S/C32H52O7/c1-3-4-13-24(2)22-25(38-31-16-9-11-20-36-31)18-19-26-27(14-7-5-6-8-15-30(34)35)29(23-28(26)33)39-32-17-10-12-21-37-32/h5,7,18-19,24-27,29,31-32H,3-4,6,8-17,20-23H2,1-2H3,(H,34,35)/b7-5-,19-18+/t24-,25+,26+,27+,29-,31?,32?/m0/s1. The lowest BCUT2D eigenvalue weighted by molar-refractivity contribution is -0.195. The van der Waals surface area contributed by atoms with Crippen molar-refractivity contribution in [1.29, 1.82) is 0 Å². The molecule has 7 atom stereocenters. The van der Waals surface area contributed by atoms with Gasteiger partial charge in [-0.2, -0.15) is 0 Å². The second-order valence-electron chi connectivity index (χ2n) is 11.7. The Morgan fingerprint density at radius 3 is 2.49 bits per heavy atom. The van der Waals surface area contributed by atoms with E-state index in [2.05, 4.69) is 32.1 Å². The second kappa shape index (κ2) is 18.0. The number of ketones is 1. The van der Waals surface area contributed by atoms with E-state index >= 15 is 0 Å². The number of hydrogen-bond acceptors (Lipinski definition) is 6. The van der Waals surface area contributed by atoms with Crippen molar-refractivity contribution in [3.05, 3.63) is 24.3 Å². The monoisotopic (exact) mass is 548 g/mol. The number of carboxylic acids is 1. The van der Waals surface area contributed by atoms with E-state index in [1.807, 2.05) is 6.08 Å². The lowest BCUT2D eigenvalue weighted by Gasteiger charge is -2.29. The fraction of sp³-hybridized carbons (Fsp3) is 0.812. The molecule has 222 valence electrons. The average Bonchev–Trinajstić information content (AvgIpc) is 3.22. The fourth-order valence-electron chi connectivity index (χ4n) is 5.91. The largest absolute Gasteiger partial charge is 0.481 e. The number of carbonyl (C=O) groups excluding carboxylic acids is 1. The SMILES string of the molecule is CCCC[C@H](C)C[C@@H](/C=C/[C@H]1C(=O)C[C@H](OC2CCCCO2)[C@@H]1C/C=C\CCCC(=O)O)OC1CCCCO1. The summed E-state index contributed by atoms with van der Waals surface area (Å²) in [7, 11) is 0. The summed E-state index contributed by atoms with van der Waals surface area (Å²) in [6.07, 6.45) is 20.9. The highest BCUT2D eigenvalue weighted by Crippen LogP contribution is 2.37. The Labute approximate surface area is 235 Å². The first-order valence-corrected chi connectivity index (χ1v) is 15.6. The van der Waals surface area contributed by atoms with Crippen molar-refractivity contribution in [3.63, 3.8) is 0 Å². The van der Waals surface area contributed by atoms with Crippen LogP contribution in [0.3, 0.4) is 0 Å². The summed E-state index contributed by atoms with van der Waals surface area (Å²) in [4.78, 5) is 24.1. The summed E-state index contributed by atoms with van der Waals surface area (Å²) in [5.74, 6) is -0.226. The van der Waals surface area contributed by atoms with Gasteiger partial charge in [-0.3, -0.25) is 9.59 Å². The molecule has 2 unspecified atom stereocenters. The van der Waals surface area contributed by atoms with Crippen LogP contribution in [0.1, 0.15) is 110 Å². The van der Waals surface area contributed by atoms with E-state index in [0.717, 1.165) is 64.4 Å². The maximum Gasteiger partial charge on any atom is 0.303 e. The topological polar surface area (TPSA) is 91.3 Å². The third-order valence-electron chi connectivity index (χ3n) is 8.20. The molecule has 2 heterocycles. The molecule has 3 rings (SSSR count). The van der Waals surface area contributed by atoms with Crippen molar-refractivity contribution in [2.75, 3.05) is 13.2 Å². The molecule has 0 aromatic rings. The number of carbonyl (C=O) groups is 2. The van der Waals surface area contributed by atoms with Crippen LogP contribution in [0.15, 0.2) is 24.3 Å². The number of allylic oxidation sites excluding steroid dienone is 3. The Kier molecular flexibility index (Phi) is 14.8. The first kappa shape index (κ1) is 32.0. The van der Waals surface area contributed by atoms with Gasteiger partial charge in [0, 0.05) is 37.9 Å². The molecule has 3 fully saturated rings. The Morgan fingerprint density at radius 2 is 1.82 bits per heavy atom. The fourth-order valence-corrected chi connectivity index (χ4v) is 5.91.